The van der Waals surface area contributed by atoms with E-state index in [9.17, 15) is 9.59 Å². The Bertz CT molecular complexity index is 1250. The van der Waals surface area contributed by atoms with Gasteiger partial charge in [0.1, 0.15) is 5.75 Å². The molecular weight excluding hydrogens is 504 g/mol. The van der Waals surface area contributed by atoms with Crippen molar-refractivity contribution in [3.05, 3.63) is 71.5 Å². The normalized spacial score (nSPS) is 14.4. The summed E-state index contributed by atoms with van der Waals surface area (Å²) in [4.78, 5) is 24.1. The minimum Gasteiger partial charge on any atom is -0.494 e. The van der Waals surface area contributed by atoms with Crippen molar-refractivity contribution in [2.45, 2.75) is 71.8 Å². The van der Waals surface area contributed by atoms with Crippen LogP contribution in [0.25, 0.3) is 5.69 Å². The molecule has 1 aliphatic carbocycles. The van der Waals surface area contributed by atoms with Crippen molar-refractivity contribution < 1.29 is 19.1 Å². The maximum absolute atomic E-state index is 12.6. The van der Waals surface area contributed by atoms with Crippen molar-refractivity contribution in [2.75, 3.05) is 25.1 Å². The number of hydrogen-bond acceptors (Lipinski definition) is 6. The largest absolute Gasteiger partial charge is 0.494 e. The summed E-state index contributed by atoms with van der Waals surface area (Å²) in [5.41, 5.74) is 4.80. The van der Waals surface area contributed by atoms with Crippen LogP contribution >= 0.6 is 0 Å². The van der Waals surface area contributed by atoms with E-state index < -0.39 is 0 Å². The summed E-state index contributed by atoms with van der Waals surface area (Å²) < 4.78 is 12.6. The fraction of sp³-hybridized carbons (Fsp3) is 0.469. The quantitative estimate of drug-likeness (QED) is 0.246. The van der Waals surface area contributed by atoms with Gasteiger partial charge in [0.05, 0.1) is 37.1 Å². The Morgan fingerprint density at radius 3 is 2.50 bits per heavy atom. The van der Waals surface area contributed by atoms with Crippen LogP contribution in [-0.4, -0.2) is 41.4 Å². The van der Waals surface area contributed by atoms with E-state index in [1.54, 1.807) is 6.92 Å². The zero-order valence-corrected chi connectivity index (χ0v) is 23.9. The highest BCUT2D eigenvalue weighted by molar-refractivity contribution is 5.94. The highest BCUT2D eigenvalue weighted by Gasteiger charge is 2.29. The fourth-order valence-electron chi connectivity index (χ4n) is 5.40. The van der Waals surface area contributed by atoms with Crippen LogP contribution < -0.4 is 15.4 Å². The average molecular weight is 547 g/mol. The van der Waals surface area contributed by atoms with Gasteiger partial charge in [0.15, 0.2) is 0 Å². The zero-order chi connectivity index (χ0) is 28.3. The SMILES string of the molecule is CCOC(=O)CCNC(=O)c1ccc(NC(c2cn(-c3cccc(OCC)c3)nc2CC)C2CCCCC2)cc1. The second-order valence-corrected chi connectivity index (χ2v) is 10.2. The number of benzene rings is 2. The van der Waals surface area contributed by atoms with Crippen molar-refractivity contribution in [2.24, 2.45) is 5.92 Å². The molecule has 0 bridgehead atoms. The molecule has 0 saturated heterocycles. The first kappa shape index (κ1) is 29.2. The van der Waals surface area contributed by atoms with E-state index in [4.69, 9.17) is 14.6 Å². The molecule has 1 atom stereocenters. The summed E-state index contributed by atoms with van der Waals surface area (Å²) in [7, 11) is 0. The molecule has 4 rings (SSSR count). The number of hydrogen-bond donors (Lipinski definition) is 2. The monoisotopic (exact) mass is 546 g/mol. The highest BCUT2D eigenvalue weighted by atomic mass is 16.5. The second kappa shape index (κ2) is 14.5. The number of anilines is 1. The average Bonchev–Trinajstić information content (AvgIpc) is 3.41. The number of carbonyl (C=O) groups is 2. The Kier molecular flexibility index (Phi) is 10.6. The van der Waals surface area contributed by atoms with Crippen LogP contribution in [0.4, 0.5) is 5.69 Å². The van der Waals surface area contributed by atoms with Crippen LogP contribution in [0.15, 0.2) is 54.7 Å². The number of nitrogens with one attached hydrogen (secondary N) is 2. The van der Waals surface area contributed by atoms with Crippen molar-refractivity contribution in [1.82, 2.24) is 15.1 Å². The zero-order valence-electron chi connectivity index (χ0n) is 23.9. The van der Waals surface area contributed by atoms with Gasteiger partial charge in [0.25, 0.3) is 5.91 Å². The van der Waals surface area contributed by atoms with Gasteiger partial charge in [-0.1, -0.05) is 32.3 Å². The number of rotatable bonds is 13. The first-order valence-corrected chi connectivity index (χ1v) is 14.6. The minimum atomic E-state index is -0.312. The Morgan fingerprint density at radius 2 is 1.80 bits per heavy atom. The number of aryl methyl sites for hydroxylation is 1. The Labute approximate surface area is 237 Å². The van der Waals surface area contributed by atoms with Gasteiger partial charge in [0.2, 0.25) is 0 Å². The van der Waals surface area contributed by atoms with Gasteiger partial charge in [-0.25, -0.2) is 4.68 Å². The molecule has 8 heteroatoms. The molecule has 214 valence electrons. The minimum absolute atomic E-state index is 0.114. The molecule has 2 N–H and O–H groups in total. The molecule has 1 aliphatic rings. The van der Waals surface area contributed by atoms with Crippen molar-refractivity contribution in [3.63, 3.8) is 0 Å². The maximum atomic E-state index is 12.6. The molecule has 1 aromatic heterocycles. The molecule has 1 heterocycles. The molecule has 2 aromatic carbocycles. The lowest BCUT2D eigenvalue weighted by molar-refractivity contribution is -0.142. The first-order valence-electron chi connectivity index (χ1n) is 14.6. The summed E-state index contributed by atoms with van der Waals surface area (Å²) in [6.07, 6.45) is 9.27. The lowest BCUT2D eigenvalue weighted by Crippen LogP contribution is -2.26. The Balaban J connectivity index is 1.53. The van der Waals surface area contributed by atoms with E-state index in [1.807, 2.05) is 54.1 Å². The predicted octanol–water partition coefficient (Wildman–Crippen LogP) is 6.25. The van der Waals surface area contributed by atoms with Crippen LogP contribution in [0.1, 0.15) is 87.0 Å². The van der Waals surface area contributed by atoms with Crippen LogP contribution in [0.2, 0.25) is 0 Å². The molecule has 0 radical (unpaired) electrons. The number of carbonyl (C=O) groups excluding carboxylic acids is 2. The molecule has 1 fully saturated rings. The molecular formula is C32H42N4O4. The van der Waals surface area contributed by atoms with Crippen LogP contribution in [0.5, 0.6) is 5.75 Å². The van der Waals surface area contributed by atoms with Crippen molar-refractivity contribution >= 4 is 17.6 Å². The number of ether oxygens (including phenoxy) is 2. The van der Waals surface area contributed by atoms with E-state index in [2.05, 4.69) is 29.8 Å². The van der Waals surface area contributed by atoms with Crippen molar-refractivity contribution in [3.8, 4) is 11.4 Å². The second-order valence-electron chi connectivity index (χ2n) is 10.2. The summed E-state index contributed by atoms with van der Waals surface area (Å²) in [6.45, 7) is 7.11. The van der Waals surface area contributed by atoms with E-state index in [0.29, 0.717) is 24.7 Å². The van der Waals surface area contributed by atoms with Gasteiger partial charge in [-0.3, -0.25) is 9.59 Å². The topological polar surface area (TPSA) is 94.5 Å². The lowest BCUT2D eigenvalue weighted by atomic mass is 9.81. The van der Waals surface area contributed by atoms with Gasteiger partial charge < -0.3 is 20.1 Å². The summed E-state index contributed by atoms with van der Waals surface area (Å²) >= 11 is 0. The maximum Gasteiger partial charge on any atom is 0.307 e. The van der Waals surface area contributed by atoms with Gasteiger partial charge in [-0.15, -0.1) is 0 Å². The highest BCUT2D eigenvalue weighted by Crippen LogP contribution is 2.38. The van der Waals surface area contributed by atoms with Crippen molar-refractivity contribution in [1.29, 1.82) is 0 Å². The predicted molar refractivity (Wildman–Crippen MR) is 157 cm³/mol. The smallest absolute Gasteiger partial charge is 0.307 e. The van der Waals surface area contributed by atoms with Gasteiger partial charge >= 0.3 is 5.97 Å². The van der Waals surface area contributed by atoms with Gasteiger partial charge in [-0.05, 0) is 75.4 Å². The third-order valence-electron chi connectivity index (χ3n) is 7.40. The molecule has 1 unspecified atom stereocenters. The molecule has 40 heavy (non-hydrogen) atoms. The van der Waals surface area contributed by atoms with E-state index in [-0.39, 0.29) is 30.9 Å². The number of esters is 1. The Hall–Kier alpha value is -3.81. The molecule has 1 amide bonds. The molecule has 8 nitrogen and oxygen atoms in total. The molecule has 0 aliphatic heterocycles. The standard InChI is InChI=1S/C32H42N4O4/c1-4-29-28(22-36(35-29)26-13-10-14-27(21-26)39-5-2)31(23-11-8-7-9-12-23)34-25-17-15-24(16-18-25)32(38)33-20-19-30(37)40-6-3/h10,13-18,21-23,31,34H,4-9,11-12,19-20H2,1-3H3,(H,33,38). The van der Waals surface area contributed by atoms with E-state index in [0.717, 1.165) is 29.2 Å². The molecule has 1 saturated carbocycles. The number of aromatic nitrogens is 2. The molecule has 3 aromatic rings. The fourth-order valence-corrected chi connectivity index (χ4v) is 5.40. The third kappa shape index (κ3) is 7.64. The van der Waals surface area contributed by atoms with E-state index in [1.165, 1.54) is 37.7 Å². The number of nitrogens with zero attached hydrogens (tertiary/aromatic N) is 2. The van der Waals surface area contributed by atoms with Crippen LogP contribution in [-0.2, 0) is 16.0 Å². The van der Waals surface area contributed by atoms with Crippen LogP contribution in [0, 0.1) is 5.92 Å². The molecule has 0 spiro atoms. The van der Waals surface area contributed by atoms with E-state index >= 15 is 0 Å². The third-order valence-corrected chi connectivity index (χ3v) is 7.40. The lowest BCUT2D eigenvalue weighted by Gasteiger charge is -2.32. The summed E-state index contributed by atoms with van der Waals surface area (Å²) in [5.74, 6) is 0.816. The van der Waals surface area contributed by atoms with Crippen LogP contribution in [0.3, 0.4) is 0 Å². The van der Waals surface area contributed by atoms with Gasteiger partial charge in [0, 0.05) is 35.6 Å². The van der Waals surface area contributed by atoms with Gasteiger partial charge in [-0.2, -0.15) is 5.10 Å². The summed E-state index contributed by atoms with van der Waals surface area (Å²) in [5, 5.41) is 11.6. The number of amides is 1. The Morgan fingerprint density at radius 1 is 1.02 bits per heavy atom. The first-order chi connectivity index (χ1) is 19.5. The summed E-state index contributed by atoms with van der Waals surface area (Å²) in [6, 6.07) is 15.7.